The summed E-state index contributed by atoms with van der Waals surface area (Å²) in [4.78, 5) is 0. The Morgan fingerprint density at radius 2 is 1.57 bits per heavy atom. The van der Waals surface area contributed by atoms with Gasteiger partial charge in [0.25, 0.3) is 0 Å². The summed E-state index contributed by atoms with van der Waals surface area (Å²) in [5.74, 6) is 1.54. The highest BCUT2D eigenvalue weighted by atomic mass is 14.9. The monoisotopic (exact) mass is 199 g/mol. The Balaban J connectivity index is 4.03. The minimum atomic E-state index is 0.464. The Kier molecular flexibility index (Phi) is 5.73. The Morgan fingerprint density at radius 3 is 1.86 bits per heavy atom. The van der Waals surface area contributed by atoms with Gasteiger partial charge in [0.15, 0.2) is 0 Å². The number of hydrogen-bond acceptors (Lipinski definition) is 1. The molecule has 0 saturated carbocycles. The molecule has 0 aromatic heterocycles. The number of nitrogens with one attached hydrogen (secondary N) is 1. The van der Waals surface area contributed by atoms with Crippen LogP contribution in [0.2, 0.25) is 0 Å². The van der Waals surface area contributed by atoms with Crippen LogP contribution in [0.4, 0.5) is 0 Å². The zero-order chi connectivity index (χ0) is 11.4. The maximum Gasteiger partial charge on any atom is 0.00923 e. The summed E-state index contributed by atoms with van der Waals surface area (Å²) >= 11 is 0. The van der Waals surface area contributed by atoms with Crippen LogP contribution in [0.5, 0.6) is 0 Å². The molecule has 0 radical (unpaired) electrons. The van der Waals surface area contributed by atoms with Gasteiger partial charge in [-0.15, -0.1) is 0 Å². The summed E-state index contributed by atoms with van der Waals surface area (Å²) in [7, 11) is 2.09. The van der Waals surface area contributed by atoms with Gasteiger partial charge >= 0.3 is 0 Å². The van der Waals surface area contributed by atoms with Gasteiger partial charge in [-0.2, -0.15) is 0 Å². The van der Waals surface area contributed by atoms with Gasteiger partial charge in [0.1, 0.15) is 0 Å². The van der Waals surface area contributed by atoms with Crippen molar-refractivity contribution in [2.24, 2.45) is 17.3 Å². The van der Waals surface area contributed by atoms with E-state index in [1.54, 1.807) is 0 Å². The molecule has 0 aliphatic carbocycles. The molecule has 86 valence electrons. The summed E-state index contributed by atoms with van der Waals surface area (Å²) < 4.78 is 0. The fraction of sp³-hybridized carbons (Fsp3) is 1.00. The Bertz CT molecular complexity index is 144. The first-order chi connectivity index (χ1) is 6.28. The Morgan fingerprint density at radius 1 is 1.07 bits per heavy atom. The normalized spacial score (nSPS) is 17.1. The molecule has 2 atom stereocenters. The molecule has 1 N–H and O–H groups in total. The van der Waals surface area contributed by atoms with Gasteiger partial charge in [-0.05, 0) is 37.1 Å². The SMILES string of the molecule is CNC(CCC(C)(C)C)C(C)C(C)C. The molecule has 0 bridgehead atoms. The third-order valence-electron chi connectivity index (χ3n) is 3.26. The molecule has 0 spiro atoms. The predicted molar refractivity (Wildman–Crippen MR) is 65.5 cm³/mol. The molecular weight excluding hydrogens is 170 g/mol. The molecule has 1 nitrogen and oxygen atoms in total. The van der Waals surface area contributed by atoms with Crippen LogP contribution in [-0.2, 0) is 0 Å². The van der Waals surface area contributed by atoms with E-state index in [-0.39, 0.29) is 0 Å². The smallest absolute Gasteiger partial charge is 0.00923 e. The molecule has 0 aromatic rings. The van der Waals surface area contributed by atoms with Crippen LogP contribution in [0, 0.1) is 17.3 Å². The lowest BCUT2D eigenvalue weighted by Gasteiger charge is -2.29. The molecule has 0 fully saturated rings. The molecule has 14 heavy (non-hydrogen) atoms. The largest absolute Gasteiger partial charge is 0.317 e. The summed E-state index contributed by atoms with van der Waals surface area (Å²) in [5.41, 5.74) is 0.464. The Labute approximate surface area is 90.7 Å². The molecule has 0 aromatic carbocycles. The van der Waals surface area contributed by atoms with Crippen molar-refractivity contribution in [1.82, 2.24) is 5.32 Å². The van der Waals surface area contributed by atoms with Crippen LogP contribution in [0.25, 0.3) is 0 Å². The topological polar surface area (TPSA) is 12.0 Å². The van der Waals surface area contributed by atoms with Crippen LogP contribution >= 0.6 is 0 Å². The first-order valence-electron chi connectivity index (χ1n) is 5.95. The van der Waals surface area contributed by atoms with Gasteiger partial charge in [-0.25, -0.2) is 0 Å². The fourth-order valence-electron chi connectivity index (χ4n) is 1.72. The summed E-state index contributed by atoms with van der Waals surface area (Å²) in [6, 6.07) is 0.675. The lowest BCUT2D eigenvalue weighted by Crippen LogP contribution is -2.35. The lowest BCUT2D eigenvalue weighted by atomic mass is 9.82. The molecule has 2 unspecified atom stereocenters. The molecular formula is C13H29N. The number of rotatable bonds is 5. The van der Waals surface area contributed by atoms with E-state index in [1.807, 2.05) is 0 Å². The predicted octanol–water partition coefficient (Wildman–Crippen LogP) is 3.69. The van der Waals surface area contributed by atoms with Crippen molar-refractivity contribution in [2.75, 3.05) is 7.05 Å². The molecule has 0 rings (SSSR count). The van der Waals surface area contributed by atoms with Crippen molar-refractivity contribution in [2.45, 2.75) is 60.4 Å². The molecule has 1 heteroatoms. The van der Waals surface area contributed by atoms with Crippen LogP contribution < -0.4 is 5.32 Å². The van der Waals surface area contributed by atoms with Crippen LogP contribution in [-0.4, -0.2) is 13.1 Å². The van der Waals surface area contributed by atoms with E-state index >= 15 is 0 Å². The standard InChI is InChI=1S/C13H29N/c1-10(2)11(3)12(14-7)8-9-13(4,5)6/h10-12,14H,8-9H2,1-7H3. The van der Waals surface area contributed by atoms with E-state index < -0.39 is 0 Å². The minimum absolute atomic E-state index is 0.464. The highest BCUT2D eigenvalue weighted by molar-refractivity contribution is 4.76. The number of hydrogen-bond donors (Lipinski definition) is 1. The van der Waals surface area contributed by atoms with Crippen LogP contribution in [0.3, 0.4) is 0 Å². The fourth-order valence-corrected chi connectivity index (χ4v) is 1.72. The van der Waals surface area contributed by atoms with Crippen molar-refractivity contribution in [1.29, 1.82) is 0 Å². The zero-order valence-corrected chi connectivity index (χ0v) is 11.1. The van der Waals surface area contributed by atoms with Crippen molar-refractivity contribution < 1.29 is 0 Å². The molecule has 0 heterocycles. The quantitative estimate of drug-likeness (QED) is 0.712. The third kappa shape index (κ3) is 5.64. The van der Waals surface area contributed by atoms with Crippen molar-refractivity contribution in [3.63, 3.8) is 0 Å². The molecule has 0 aliphatic heterocycles. The highest BCUT2D eigenvalue weighted by Gasteiger charge is 2.20. The zero-order valence-electron chi connectivity index (χ0n) is 11.1. The van der Waals surface area contributed by atoms with Gasteiger partial charge in [-0.3, -0.25) is 0 Å². The van der Waals surface area contributed by atoms with E-state index in [0.717, 1.165) is 11.8 Å². The summed E-state index contributed by atoms with van der Waals surface area (Å²) in [6.07, 6.45) is 2.59. The van der Waals surface area contributed by atoms with Gasteiger partial charge in [0, 0.05) is 6.04 Å². The van der Waals surface area contributed by atoms with E-state index in [9.17, 15) is 0 Å². The van der Waals surface area contributed by atoms with Gasteiger partial charge < -0.3 is 5.32 Å². The average Bonchev–Trinajstić information content (AvgIpc) is 2.02. The van der Waals surface area contributed by atoms with E-state index in [0.29, 0.717) is 11.5 Å². The minimum Gasteiger partial charge on any atom is -0.317 e. The maximum atomic E-state index is 3.46. The lowest BCUT2D eigenvalue weighted by molar-refractivity contribution is 0.257. The van der Waals surface area contributed by atoms with Gasteiger partial charge in [-0.1, -0.05) is 41.5 Å². The third-order valence-corrected chi connectivity index (χ3v) is 3.26. The van der Waals surface area contributed by atoms with E-state index in [1.165, 1.54) is 12.8 Å². The van der Waals surface area contributed by atoms with E-state index in [4.69, 9.17) is 0 Å². The molecule has 0 amide bonds. The second-order valence-electron chi connectivity index (χ2n) is 6.10. The first kappa shape index (κ1) is 14.0. The second kappa shape index (κ2) is 5.75. The van der Waals surface area contributed by atoms with E-state index in [2.05, 4.69) is 53.9 Å². The summed E-state index contributed by atoms with van der Waals surface area (Å²) in [5, 5.41) is 3.46. The maximum absolute atomic E-state index is 3.46. The Hall–Kier alpha value is -0.0400. The first-order valence-corrected chi connectivity index (χ1v) is 5.95. The highest BCUT2D eigenvalue weighted by Crippen LogP contribution is 2.25. The van der Waals surface area contributed by atoms with Crippen molar-refractivity contribution in [3.05, 3.63) is 0 Å². The van der Waals surface area contributed by atoms with Crippen molar-refractivity contribution >= 4 is 0 Å². The molecule has 0 aliphatic rings. The van der Waals surface area contributed by atoms with Crippen molar-refractivity contribution in [3.8, 4) is 0 Å². The van der Waals surface area contributed by atoms with Crippen LogP contribution in [0.1, 0.15) is 54.4 Å². The van der Waals surface area contributed by atoms with Crippen LogP contribution in [0.15, 0.2) is 0 Å². The summed E-state index contributed by atoms with van der Waals surface area (Å²) in [6.45, 7) is 13.9. The molecule has 0 saturated heterocycles. The van der Waals surface area contributed by atoms with Gasteiger partial charge in [0.2, 0.25) is 0 Å². The van der Waals surface area contributed by atoms with Gasteiger partial charge in [0.05, 0.1) is 0 Å². The second-order valence-corrected chi connectivity index (χ2v) is 6.10. The average molecular weight is 199 g/mol.